The van der Waals surface area contributed by atoms with Gasteiger partial charge in [0, 0.05) is 32.1 Å². The number of likely N-dealkylation sites (tertiary alicyclic amines) is 1. The van der Waals surface area contributed by atoms with Crippen LogP contribution in [0.25, 0.3) is 0 Å². The van der Waals surface area contributed by atoms with Gasteiger partial charge in [0.1, 0.15) is 11.1 Å². The molecule has 8 nitrogen and oxygen atoms in total. The van der Waals surface area contributed by atoms with Gasteiger partial charge in [0.2, 0.25) is 0 Å². The van der Waals surface area contributed by atoms with E-state index < -0.39 is 18.3 Å². The Balaban J connectivity index is 2.12. The molecule has 0 aromatic carbocycles. The molecular formula is C15H23BN4O4. The molecule has 9 heteroatoms. The molecule has 0 N–H and O–H groups in total. The maximum atomic E-state index is 12.1. The molecule has 2 heterocycles. The first kappa shape index (κ1) is 18.3. The molecule has 0 unspecified atom stereocenters. The van der Waals surface area contributed by atoms with Crippen molar-refractivity contribution < 1.29 is 18.8 Å². The number of rotatable bonds is 5. The summed E-state index contributed by atoms with van der Waals surface area (Å²) in [6, 6.07) is 2.18. The van der Waals surface area contributed by atoms with Crippen molar-refractivity contribution in [2.24, 2.45) is 0 Å². The Labute approximate surface area is 142 Å². The minimum atomic E-state index is -0.548. The van der Waals surface area contributed by atoms with Crippen LogP contribution < -0.4 is 5.46 Å². The lowest BCUT2D eigenvalue weighted by atomic mass is 9.81. The highest BCUT2D eigenvalue weighted by atomic mass is 16.6. The van der Waals surface area contributed by atoms with Crippen molar-refractivity contribution in [3.63, 3.8) is 0 Å². The monoisotopic (exact) mass is 334 g/mol. The molecule has 0 bridgehead atoms. The molecule has 0 atom stereocenters. The van der Waals surface area contributed by atoms with Crippen molar-refractivity contribution in [3.05, 3.63) is 12.4 Å². The Morgan fingerprint density at radius 1 is 1.42 bits per heavy atom. The van der Waals surface area contributed by atoms with Crippen molar-refractivity contribution >= 4 is 18.7 Å². The average Bonchev–Trinajstić information content (AvgIpc) is 2.91. The molecule has 1 aliphatic heterocycles. The first-order chi connectivity index (χ1) is 11.2. The lowest BCUT2D eigenvalue weighted by molar-refractivity contribution is -0.0314. The van der Waals surface area contributed by atoms with Gasteiger partial charge >= 0.3 is 13.2 Å². The number of hydrogen-bond donors (Lipinski definition) is 0. The van der Waals surface area contributed by atoms with Gasteiger partial charge in [-0.25, -0.2) is 4.79 Å². The number of nitriles is 1. The van der Waals surface area contributed by atoms with E-state index in [1.54, 1.807) is 36.2 Å². The van der Waals surface area contributed by atoms with Crippen LogP contribution in [0.5, 0.6) is 0 Å². The summed E-state index contributed by atoms with van der Waals surface area (Å²) >= 11 is 0. The first-order valence-corrected chi connectivity index (χ1v) is 7.70. The summed E-state index contributed by atoms with van der Waals surface area (Å²) in [4.78, 5) is 13.7. The molecule has 1 aromatic rings. The van der Waals surface area contributed by atoms with Crippen LogP contribution in [0.3, 0.4) is 0 Å². The molecule has 1 amide bonds. The van der Waals surface area contributed by atoms with E-state index in [0.717, 1.165) is 5.46 Å². The molecule has 1 saturated heterocycles. The van der Waals surface area contributed by atoms with E-state index in [0.29, 0.717) is 13.1 Å². The van der Waals surface area contributed by atoms with Crippen molar-refractivity contribution in [1.82, 2.24) is 14.7 Å². The average molecular weight is 334 g/mol. The molecule has 130 valence electrons. The predicted octanol–water partition coefficient (Wildman–Crippen LogP) is 0.731. The van der Waals surface area contributed by atoms with E-state index >= 15 is 0 Å². The summed E-state index contributed by atoms with van der Waals surface area (Å²) in [6.07, 6.45) is 3.31. The van der Waals surface area contributed by atoms with Crippen LogP contribution >= 0.6 is 0 Å². The van der Waals surface area contributed by atoms with E-state index in [4.69, 9.17) is 14.0 Å². The van der Waals surface area contributed by atoms with Gasteiger partial charge in [-0.2, -0.15) is 10.4 Å². The summed E-state index contributed by atoms with van der Waals surface area (Å²) in [5.41, 5.74) is -0.336. The molecule has 24 heavy (non-hydrogen) atoms. The van der Waals surface area contributed by atoms with E-state index in [2.05, 4.69) is 11.2 Å². The van der Waals surface area contributed by atoms with Crippen molar-refractivity contribution in [3.8, 4) is 6.07 Å². The number of carbonyl (C=O) groups excluding carboxylic acids is 1. The molecule has 1 fully saturated rings. The number of amides is 1. The maximum Gasteiger partial charge on any atom is 0.496 e. The zero-order chi connectivity index (χ0) is 18.0. The van der Waals surface area contributed by atoms with Crippen LogP contribution in [-0.2, 0) is 19.6 Å². The third kappa shape index (κ3) is 3.71. The Morgan fingerprint density at radius 3 is 2.54 bits per heavy atom. The molecule has 0 spiro atoms. The van der Waals surface area contributed by atoms with Crippen LogP contribution in [0.2, 0.25) is 0 Å². The summed E-state index contributed by atoms with van der Waals surface area (Å²) in [5, 5.41) is 13.5. The fourth-order valence-electron chi connectivity index (χ4n) is 2.69. The number of hydrogen-bond acceptors (Lipinski definition) is 6. The molecule has 0 aliphatic carbocycles. The lowest BCUT2D eigenvalue weighted by Gasteiger charge is -2.48. The normalized spacial score (nSPS) is 16.2. The molecule has 1 aromatic heterocycles. The smallest absolute Gasteiger partial charge is 0.444 e. The lowest BCUT2D eigenvalue weighted by Crippen LogP contribution is -2.64. The first-order valence-electron chi connectivity index (χ1n) is 7.70. The second-order valence-corrected chi connectivity index (χ2v) is 6.92. The standard InChI is InChI=1S/C15H23BN4O4/c1-14(2,3)24-13(21)19-10-15(11-19,6-7-17)20-9-12(8-18-20)16(22-4)23-5/h8-9H,6,10-11H2,1-5H3. The highest BCUT2D eigenvalue weighted by Gasteiger charge is 2.49. The third-order valence-corrected chi connectivity index (χ3v) is 3.82. The van der Waals surface area contributed by atoms with Gasteiger partial charge in [0.15, 0.2) is 0 Å². The van der Waals surface area contributed by atoms with Crippen LogP contribution in [0.15, 0.2) is 12.4 Å². The van der Waals surface area contributed by atoms with Crippen molar-refractivity contribution in [2.75, 3.05) is 27.3 Å². The minimum Gasteiger partial charge on any atom is -0.444 e. The number of nitrogens with zero attached hydrogens (tertiary/aromatic N) is 4. The van der Waals surface area contributed by atoms with Gasteiger partial charge in [-0.1, -0.05) is 0 Å². The zero-order valence-electron chi connectivity index (χ0n) is 14.8. The molecule has 1 aliphatic rings. The largest absolute Gasteiger partial charge is 0.496 e. The van der Waals surface area contributed by atoms with Crippen LogP contribution in [0.1, 0.15) is 27.2 Å². The molecule has 0 radical (unpaired) electrons. The summed E-state index contributed by atoms with van der Waals surface area (Å²) in [5.74, 6) is 0. The topological polar surface area (TPSA) is 89.6 Å². The second kappa shape index (κ2) is 6.83. The SMILES string of the molecule is COB(OC)c1cnn(C2(CC#N)CN(C(=O)OC(C)(C)C)C2)c1. The van der Waals surface area contributed by atoms with Crippen LogP contribution in [-0.4, -0.2) is 60.8 Å². The zero-order valence-corrected chi connectivity index (χ0v) is 14.8. The van der Waals surface area contributed by atoms with Gasteiger partial charge in [-0.3, -0.25) is 4.68 Å². The van der Waals surface area contributed by atoms with Gasteiger partial charge in [-0.05, 0) is 20.8 Å². The number of carbonyl (C=O) groups is 1. The van der Waals surface area contributed by atoms with Crippen molar-refractivity contribution in [2.45, 2.75) is 38.3 Å². The Kier molecular flexibility index (Phi) is 5.21. The summed E-state index contributed by atoms with van der Waals surface area (Å²) in [7, 11) is 2.58. The molecule has 2 rings (SSSR count). The van der Waals surface area contributed by atoms with E-state index in [1.165, 1.54) is 0 Å². The van der Waals surface area contributed by atoms with Crippen LogP contribution in [0.4, 0.5) is 4.79 Å². The Hall–Kier alpha value is -2.05. The fourth-order valence-corrected chi connectivity index (χ4v) is 2.69. The van der Waals surface area contributed by atoms with E-state index in [9.17, 15) is 10.1 Å². The molecule has 0 saturated carbocycles. The van der Waals surface area contributed by atoms with Gasteiger partial charge < -0.3 is 18.9 Å². The number of ether oxygens (including phenoxy) is 1. The van der Waals surface area contributed by atoms with E-state index in [-0.39, 0.29) is 12.5 Å². The minimum absolute atomic E-state index is 0.248. The van der Waals surface area contributed by atoms with Gasteiger partial charge in [0.05, 0.1) is 25.6 Å². The van der Waals surface area contributed by atoms with Crippen LogP contribution in [0, 0.1) is 11.3 Å². The summed E-state index contributed by atoms with van der Waals surface area (Å²) < 4.78 is 17.5. The highest BCUT2D eigenvalue weighted by molar-refractivity contribution is 6.61. The third-order valence-electron chi connectivity index (χ3n) is 3.82. The highest BCUT2D eigenvalue weighted by Crippen LogP contribution is 2.32. The summed E-state index contributed by atoms with van der Waals surface area (Å²) in [6.45, 7) is 6.22. The maximum absolute atomic E-state index is 12.1. The Bertz CT molecular complexity index is 624. The quantitative estimate of drug-likeness (QED) is 0.738. The fraction of sp³-hybridized carbons (Fsp3) is 0.667. The van der Waals surface area contributed by atoms with Crippen molar-refractivity contribution in [1.29, 1.82) is 5.26 Å². The predicted molar refractivity (Wildman–Crippen MR) is 87.6 cm³/mol. The van der Waals surface area contributed by atoms with Gasteiger partial charge in [-0.15, -0.1) is 0 Å². The Morgan fingerprint density at radius 2 is 2.04 bits per heavy atom. The molecular weight excluding hydrogens is 311 g/mol. The van der Waals surface area contributed by atoms with Gasteiger partial charge in [0.25, 0.3) is 0 Å². The number of aromatic nitrogens is 2. The second-order valence-electron chi connectivity index (χ2n) is 6.92. The van der Waals surface area contributed by atoms with E-state index in [1.807, 2.05) is 20.8 Å².